The van der Waals surface area contributed by atoms with Gasteiger partial charge in [-0.1, -0.05) is 43.3 Å². The summed E-state index contributed by atoms with van der Waals surface area (Å²) in [4.78, 5) is 2.40. The van der Waals surface area contributed by atoms with E-state index in [4.69, 9.17) is 10.9 Å². The minimum absolute atomic E-state index is 0.184. The molecule has 0 spiro atoms. The van der Waals surface area contributed by atoms with E-state index in [2.05, 4.69) is 37.0 Å². The number of hydrogen-bond donors (Lipinski definition) is 2. The van der Waals surface area contributed by atoms with Crippen molar-refractivity contribution in [1.82, 2.24) is 4.90 Å². The van der Waals surface area contributed by atoms with E-state index in [1.54, 1.807) is 0 Å². The van der Waals surface area contributed by atoms with E-state index in [-0.39, 0.29) is 5.84 Å². The summed E-state index contributed by atoms with van der Waals surface area (Å²) in [7, 11) is 2.17. The van der Waals surface area contributed by atoms with Gasteiger partial charge in [0.2, 0.25) is 0 Å². The maximum absolute atomic E-state index is 8.90. The molecule has 21 heavy (non-hydrogen) atoms. The highest BCUT2D eigenvalue weighted by atomic mass is 16.4. The predicted molar refractivity (Wildman–Crippen MR) is 86.5 cm³/mol. The Balaban J connectivity index is 2.05. The van der Waals surface area contributed by atoms with E-state index >= 15 is 0 Å². The van der Waals surface area contributed by atoms with Crippen molar-refractivity contribution in [1.29, 1.82) is 0 Å². The number of oxime groups is 1. The molecule has 1 fully saturated rings. The van der Waals surface area contributed by atoms with Crippen molar-refractivity contribution < 1.29 is 5.21 Å². The number of hydrogen-bond acceptors (Lipinski definition) is 3. The minimum atomic E-state index is 0.184. The van der Waals surface area contributed by atoms with Crippen LogP contribution in [-0.2, 0) is 6.54 Å². The Morgan fingerprint density at radius 3 is 2.57 bits per heavy atom. The van der Waals surface area contributed by atoms with Gasteiger partial charge in [-0.25, -0.2) is 0 Å². The van der Waals surface area contributed by atoms with Crippen molar-refractivity contribution in [3.63, 3.8) is 0 Å². The van der Waals surface area contributed by atoms with Gasteiger partial charge in [-0.15, -0.1) is 0 Å². The minimum Gasteiger partial charge on any atom is -0.409 e. The Labute approximate surface area is 127 Å². The van der Waals surface area contributed by atoms with Crippen LogP contribution in [0.5, 0.6) is 0 Å². The molecule has 2 rings (SSSR count). The molecule has 0 atom stereocenters. The van der Waals surface area contributed by atoms with Gasteiger partial charge < -0.3 is 10.9 Å². The lowest BCUT2D eigenvalue weighted by molar-refractivity contribution is 0.123. The van der Waals surface area contributed by atoms with Crippen LogP contribution in [0.25, 0.3) is 0 Å². The van der Waals surface area contributed by atoms with Crippen molar-refractivity contribution >= 4 is 5.84 Å². The zero-order valence-electron chi connectivity index (χ0n) is 13.3. The van der Waals surface area contributed by atoms with Crippen molar-refractivity contribution in [2.45, 2.75) is 52.1 Å². The highest BCUT2D eigenvalue weighted by molar-refractivity contribution is 5.98. The largest absolute Gasteiger partial charge is 0.409 e. The molecule has 0 aliphatic heterocycles. The summed E-state index contributed by atoms with van der Waals surface area (Å²) in [6.45, 7) is 5.55. The Hall–Kier alpha value is -1.55. The van der Waals surface area contributed by atoms with Crippen molar-refractivity contribution in [3.8, 4) is 0 Å². The van der Waals surface area contributed by atoms with Gasteiger partial charge in [-0.2, -0.15) is 0 Å². The monoisotopic (exact) mass is 289 g/mol. The van der Waals surface area contributed by atoms with Crippen molar-refractivity contribution in [2.75, 3.05) is 7.05 Å². The van der Waals surface area contributed by atoms with Gasteiger partial charge in [-0.3, -0.25) is 4.90 Å². The smallest absolute Gasteiger partial charge is 0.170 e. The van der Waals surface area contributed by atoms with E-state index in [0.29, 0.717) is 11.5 Å². The fourth-order valence-corrected chi connectivity index (χ4v) is 3.18. The van der Waals surface area contributed by atoms with Crippen LogP contribution in [0.15, 0.2) is 29.4 Å². The molecular weight excluding hydrogens is 262 g/mol. The van der Waals surface area contributed by atoms with Gasteiger partial charge in [-0.05, 0) is 43.7 Å². The third kappa shape index (κ3) is 3.97. The Morgan fingerprint density at radius 2 is 1.95 bits per heavy atom. The van der Waals surface area contributed by atoms with Gasteiger partial charge >= 0.3 is 0 Å². The van der Waals surface area contributed by atoms with Crippen LogP contribution in [0.4, 0.5) is 0 Å². The second-order valence-electron chi connectivity index (χ2n) is 6.95. The molecule has 4 heteroatoms. The summed E-state index contributed by atoms with van der Waals surface area (Å²) in [6.07, 6.45) is 5.05. The lowest BCUT2D eigenvalue weighted by Crippen LogP contribution is -2.37. The second-order valence-corrected chi connectivity index (χ2v) is 6.95. The summed E-state index contributed by atoms with van der Waals surface area (Å²) in [6, 6.07) is 8.50. The molecule has 1 aliphatic rings. The lowest BCUT2D eigenvalue weighted by Gasteiger charge is -2.38. The molecule has 3 N–H and O–H groups in total. The number of nitrogens with zero attached hydrogens (tertiary/aromatic N) is 2. The molecule has 0 saturated heterocycles. The van der Waals surface area contributed by atoms with Gasteiger partial charge in [0.05, 0.1) is 0 Å². The first-order valence-corrected chi connectivity index (χ1v) is 7.69. The molecule has 0 amide bonds. The van der Waals surface area contributed by atoms with Crippen molar-refractivity contribution in [3.05, 3.63) is 35.4 Å². The molecule has 1 saturated carbocycles. The van der Waals surface area contributed by atoms with Crippen LogP contribution >= 0.6 is 0 Å². The fourth-order valence-electron chi connectivity index (χ4n) is 3.18. The van der Waals surface area contributed by atoms with Crippen LogP contribution in [0.2, 0.25) is 0 Å². The molecule has 1 aromatic rings. The zero-order chi connectivity index (χ0) is 15.5. The lowest BCUT2D eigenvalue weighted by atomic mass is 9.75. The van der Waals surface area contributed by atoms with Crippen LogP contribution < -0.4 is 5.73 Å². The molecule has 0 bridgehead atoms. The number of amidine groups is 1. The molecule has 1 aliphatic carbocycles. The molecule has 4 nitrogen and oxygen atoms in total. The normalized spacial score (nSPS) is 19.9. The highest BCUT2D eigenvalue weighted by Crippen LogP contribution is 2.36. The topological polar surface area (TPSA) is 61.8 Å². The Kier molecular flexibility index (Phi) is 4.88. The molecule has 0 heterocycles. The molecule has 0 unspecified atom stereocenters. The van der Waals surface area contributed by atoms with E-state index in [9.17, 15) is 0 Å². The zero-order valence-corrected chi connectivity index (χ0v) is 13.3. The van der Waals surface area contributed by atoms with Gasteiger partial charge in [0.25, 0.3) is 0 Å². The number of rotatable bonds is 4. The van der Waals surface area contributed by atoms with E-state index < -0.39 is 0 Å². The molecule has 0 aromatic heterocycles. The third-order valence-electron chi connectivity index (χ3n) is 4.75. The molecule has 116 valence electrons. The van der Waals surface area contributed by atoms with Crippen LogP contribution in [0.3, 0.4) is 0 Å². The first kappa shape index (κ1) is 15.8. The van der Waals surface area contributed by atoms with Gasteiger partial charge in [0.15, 0.2) is 5.84 Å². The maximum atomic E-state index is 8.90. The van der Waals surface area contributed by atoms with E-state index in [0.717, 1.165) is 17.7 Å². The Morgan fingerprint density at radius 1 is 1.33 bits per heavy atom. The first-order chi connectivity index (χ1) is 9.93. The third-order valence-corrected chi connectivity index (χ3v) is 4.75. The van der Waals surface area contributed by atoms with E-state index in [1.807, 2.05) is 18.2 Å². The van der Waals surface area contributed by atoms with Crippen LogP contribution in [-0.4, -0.2) is 29.0 Å². The highest BCUT2D eigenvalue weighted by Gasteiger charge is 2.28. The fraction of sp³-hybridized carbons (Fsp3) is 0.588. The van der Waals surface area contributed by atoms with Crippen LogP contribution in [0.1, 0.15) is 50.7 Å². The SMILES string of the molecule is CN(Cc1ccccc1/C(N)=N/O)C1CCC(C)(C)CC1. The molecular formula is C17H27N3O. The predicted octanol–water partition coefficient (Wildman–Crippen LogP) is 3.18. The standard InChI is InChI=1S/C17H27N3O/c1-17(2)10-8-14(9-11-17)20(3)12-13-6-4-5-7-15(13)16(18)19-21/h4-7,14,21H,8-12H2,1-3H3,(H2,18,19). The summed E-state index contributed by atoms with van der Waals surface area (Å²) in [5, 5.41) is 12.0. The summed E-state index contributed by atoms with van der Waals surface area (Å²) < 4.78 is 0. The van der Waals surface area contributed by atoms with Gasteiger partial charge in [0.1, 0.15) is 0 Å². The quantitative estimate of drug-likeness (QED) is 0.387. The Bertz CT molecular complexity index is 501. The average molecular weight is 289 g/mol. The molecule has 0 radical (unpaired) electrons. The maximum Gasteiger partial charge on any atom is 0.170 e. The first-order valence-electron chi connectivity index (χ1n) is 7.69. The van der Waals surface area contributed by atoms with Gasteiger partial charge in [0, 0.05) is 18.2 Å². The summed E-state index contributed by atoms with van der Waals surface area (Å²) in [5.74, 6) is 0.184. The van der Waals surface area contributed by atoms with Crippen LogP contribution in [0, 0.1) is 5.41 Å². The van der Waals surface area contributed by atoms with Crippen molar-refractivity contribution in [2.24, 2.45) is 16.3 Å². The number of nitrogens with two attached hydrogens (primary N) is 1. The summed E-state index contributed by atoms with van der Waals surface area (Å²) >= 11 is 0. The van der Waals surface area contributed by atoms with E-state index in [1.165, 1.54) is 25.7 Å². The average Bonchev–Trinajstić information content (AvgIpc) is 2.46. The molecule has 1 aromatic carbocycles. The second kappa shape index (κ2) is 6.48. The number of benzene rings is 1. The summed E-state index contributed by atoms with van der Waals surface area (Å²) in [5.41, 5.74) is 8.19.